The molecule has 0 bridgehead atoms. The second kappa shape index (κ2) is 11.0. The molecule has 0 saturated heterocycles. The van der Waals surface area contributed by atoms with Crippen LogP contribution in [0.25, 0.3) is 0 Å². The van der Waals surface area contributed by atoms with Crippen LogP contribution in [0.4, 0.5) is 5.88 Å². The lowest BCUT2D eigenvalue weighted by atomic mass is 9.62. The number of hydrogen-bond donors (Lipinski definition) is 2. The first kappa shape index (κ1) is 28.6. The molecule has 0 unspecified atom stereocenters. The number of aliphatic imine (C=N–C) groups is 1. The molecular weight excluding hydrogens is 494 g/mol. The molecule has 2 aromatic rings. The summed E-state index contributed by atoms with van der Waals surface area (Å²) in [7, 11) is 0. The number of fused-ring (bicyclic) bond motifs is 1. The van der Waals surface area contributed by atoms with E-state index in [2.05, 4.69) is 51.7 Å². The molecule has 9 heteroatoms. The Morgan fingerprint density at radius 1 is 1.05 bits per heavy atom. The van der Waals surface area contributed by atoms with E-state index < -0.39 is 10.8 Å². The van der Waals surface area contributed by atoms with Crippen LogP contribution in [0, 0.1) is 28.9 Å². The van der Waals surface area contributed by atoms with Gasteiger partial charge in [0.2, 0.25) is 0 Å². The monoisotopic (exact) mass is 537 g/mol. The van der Waals surface area contributed by atoms with E-state index in [1.807, 2.05) is 4.90 Å². The zero-order valence-corrected chi connectivity index (χ0v) is 24.0. The summed E-state index contributed by atoms with van der Waals surface area (Å²) in [5.41, 5.74) is 16.2. The molecule has 39 heavy (non-hydrogen) atoms. The number of aryl methyl sites for hydroxylation is 1. The maximum absolute atomic E-state index is 13.7. The van der Waals surface area contributed by atoms with Crippen molar-refractivity contribution in [2.45, 2.75) is 90.5 Å². The Balaban J connectivity index is 1.60. The summed E-state index contributed by atoms with van der Waals surface area (Å²) in [4.78, 5) is 30.3. The van der Waals surface area contributed by atoms with Crippen LogP contribution in [0.1, 0.15) is 99.0 Å². The van der Waals surface area contributed by atoms with Gasteiger partial charge < -0.3 is 20.8 Å². The summed E-state index contributed by atoms with van der Waals surface area (Å²) in [5.74, 6) is 0.139. The number of carbonyl (C=O) groups excluding carboxylic acids is 1. The van der Waals surface area contributed by atoms with E-state index in [0.29, 0.717) is 31.5 Å². The standard InChI is InChI=1S/C30H43N5O4/c1-19-14-23-24(30(4,5)13-12-29(23,2)3)15-22(19)18-34(27(36)25-10-11-26(39-25)35(37)38)17-21-8-6-20(7-9-21)16-33-28(31)32/h10-11,14-15,20-21H,6-9,12-13,16-18H2,1-5H3,(H4,31,32,33). The topological polar surface area (TPSA) is 141 Å². The van der Waals surface area contributed by atoms with Crippen molar-refractivity contribution in [2.24, 2.45) is 28.3 Å². The minimum Gasteiger partial charge on any atom is -0.395 e. The molecule has 9 nitrogen and oxygen atoms in total. The average Bonchev–Trinajstić information content (AvgIpc) is 3.37. The highest BCUT2D eigenvalue weighted by Gasteiger charge is 2.38. The van der Waals surface area contributed by atoms with Gasteiger partial charge in [-0.05, 0) is 96.4 Å². The van der Waals surface area contributed by atoms with Crippen LogP contribution in [0.15, 0.2) is 33.7 Å². The van der Waals surface area contributed by atoms with Gasteiger partial charge in [-0.1, -0.05) is 39.8 Å². The van der Waals surface area contributed by atoms with E-state index in [4.69, 9.17) is 15.9 Å². The lowest BCUT2D eigenvalue weighted by Crippen LogP contribution is -2.37. The number of benzene rings is 1. The number of nitro groups is 1. The Morgan fingerprint density at radius 3 is 2.21 bits per heavy atom. The minimum absolute atomic E-state index is 0.000204. The second-order valence-electron chi connectivity index (χ2n) is 12.8. The summed E-state index contributed by atoms with van der Waals surface area (Å²) in [5, 5.41) is 11.2. The molecule has 0 atom stereocenters. The average molecular weight is 538 g/mol. The maximum Gasteiger partial charge on any atom is 0.433 e. The fraction of sp³-hybridized carbons (Fsp3) is 0.600. The third-order valence-electron chi connectivity index (χ3n) is 8.92. The van der Waals surface area contributed by atoms with Gasteiger partial charge in [0.25, 0.3) is 5.91 Å². The van der Waals surface area contributed by atoms with Crippen LogP contribution in [0.3, 0.4) is 0 Å². The number of rotatable bonds is 8. The molecule has 0 spiro atoms. The van der Waals surface area contributed by atoms with Gasteiger partial charge in [-0.15, -0.1) is 0 Å². The number of nitrogens with zero attached hydrogens (tertiary/aromatic N) is 3. The third kappa shape index (κ3) is 6.45. The Labute approximate surface area is 231 Å². The van der Waals surface area contributed by atoms with Crippen LogP contribution in [-0.2, 0) is 17.4 Å². The SMILES string of the molecule is Cc1cc2c(cc1CN(CC1CCC(CN=C(N)N)CC1)C(=O)c1ccc([N+](=O)[O-])o1)C(C)(C)CCC2(C)C. The first-order valence-corrected chi connectivity index (χ1v) is 14.0. The smallest absolute Gasteiger partial charge is 0.395 e. The van der Waals surface area contributed by atoms with Crippen molar-refractivity contribution in [3.8, 4) is 0 Å². The van der Waals surface area contributed by atoms with Crippen molar-refractivity contribution in [1.82, 2.24) is 4.90 Å². The number of carbonyl (C=O) groups is 1. The molecule has 1 aromatic carbocycles. The quantitative estimate of drug-likeness (QED) is 0.195. The van der Waals surface area contributed by atoms with E-state index in [-0.39, 0.29) is 28.5 Å². The third-order valence-corrected chi connectivity index (χ3v) is 8.92. The molecule has 4 rings (SSSR count). The summed E-state index contributed by atoms with van der Waals surface area (Å²) < 4.78 is 5.34. The van der Waals surface area contributed by atoms with Gasteiger partial charge >= 0.3 is 5.88 Å². The molecule has 4 N–H and O–H groups in total. The summed E-state index contributed by atoms with van der Waals surface area (Å²) in [6.45, 7) is 13.0. The van der Waals surface area contributed by atoms with Crippen LogP contribution in [-0.4, -0.2) is 34.8 Å². The highest BCUT2D eigenvalue weighted by Crippen LogP contribution is 2.46. The van der Waals surface area contributed by atoms with Crippen molar-refractivity contribution in [2.75, 3.05) is 13.1 Å². The van der Waals surface area contributed by atoms with Gasteiger partial charge in [-0.25, -0.2) is 0 Å². The highest BCUT2D eigenvalue weighted by molar-refractivity contribution is 5.91. The zero-order chi connectivity index (χ0) is 28.5. The predicted molar refractivity (Wildman–Crippen MR) is 153 cm³/mol. The Morgan fingerprint density at radius 2 is 1.64 bits per heavy atom. The van der Waals surface area contributed by atoms with Crippen molar-refractivity contribution in [3.05, 3.63) is 62.4 Å². The second-order valence-corrected chi connectivity index (χ2v) is 12.8. The number of hydrogen-bond acceptors (Lipinski definition) is 5. The molecule has 1 saturated carbocycles. The number of nitrogens with two attached hydrogens (primary N) is 2. The van der Waals surface area contributed by atoms with E-state index >= 15 is 0 Å². The largest absolute Gasteiger partial charge is 0.433 e. The first-order valence-electron chi connectivity index (χ1n) is 14.0. The fourth-order valence-corrected chi connectivity index (χ4v) is 6.20. The Kier molecular flexibility index (Phi) is 8.09. The summed E-state index contributed by atoms with van der Waals surface area (Å²) in [6, 6.07) is 7.25. The number of amides is 1. The molecule has 2 aliphatic rings. The minimum atomic E-state index is -0.615. The summed E-state index contributed by atoms with van der Waals surface area (Å²) in [6.07, 6.45) is 6.18. The normalized spacial score (nSPS) is 21.6. The molecule has 212 valence electrons. The van der Waals surface area contributed by atoms with Gasteiger partial charge in [0, 0.05) is 19.6 Å². The molecule has 0 aliphatic heterocycles. The molecule has 1 heterocycles. The van der Waals surface area contributed by atoms with E-state index in [9.17, 15) is 14.9 Å². The number of furan rings is 1. The maximum atomic E-state index is 13.7. The Hall–Kier alpha value is -3.36. The first-order chi connectivity index (χ1) is 18.3. The molecule has 1 aromatic heterocycles. The van der Waals surface area contributed by atoms with Gasteiger partial charge in [-0.3, -0.25) is 19.9 Å². The van der Waals surface area contributed by atoms with Crippen LogP contribution >= 0.6 is 0 Å². The Bertz CT molecular complexity index is 1250. The van der Waals surface area contributed by atoms with Crippen LogP contribution in [0.5, 0.6) is 0 Å². The van der Waals surface area contributed by atoms with E-state index in [0.717, 1.165) is 49.7 Å². The van der Waals surface area contributed by atoms with Crippen LogP contribution < -0.4 is 11.5 Å². The van der Waals surface area contributed by atoms with Crippen molar-refractivity contribution in [3.63, 3.8) is 0 Å². The van der Waals surface area contributed by atoms with Gasteiger partial charge in [-0.2, -0.15) is 0 Å². The number of guanidine groups is 1. The molecule has 2 aliphatic carbocycles. The lowest BCUT2D eigenvalue weighted by Gasteiger charge is -2.42. The molecular formula is C30H43N5O4. The fourth-order valence-electron chi connectivity index (χ4n) is 6.20. The molecule has 0 radical (unpaired) electrons. The van der Waals surface area contributed by atoms with Crippen molar-refractivity contribution < 1.29 is 14.1 Å². The molecule has 1 amide bonds. The highest BCUT2D eigenvalue weighted by atomic mass is 16.6. The van der Waals surface area contributed by atoms with Crippen LogP contribution in [0.2, 0.25) is 0 Å². The van der Waals surface area contributed by atoms with Gasteiger partial charge in [0.1, 0.15) is 4.92 Å². The van der Waals surface area contributed by atoms with E-state index in [1.165, 1.54) is 23.3 Å². The zero-order valence-electron chi connectivity index (χ0n) is 24.0. The summed E-state index contributed by atoms with van der Waals surface area (Å²) >= 11 is 0. The van der Waals surface area contributed by atoms with Crippen molar-refractivity contribution >= 4 is 17.8 Å². The molecule has 1 fully saturated rings. The van der Waals surface area contributed by atoms with Gasteiger partial charge in [0.05, 0.1) is 6.07 Å². The lowest BCUT2D eigenvalue weighted by molar-refractivity contribution is -0.402. The predicted octanol–water partition coefficient (Wildman–Crippen LogP) is 5.57. The van der Waals surface area contributed by atoms with Crippen molar-refractivity contribution in [1.29, 1.82) is 0 Å². The van der Waals surface area contributed by atoms with E-state index in [1.54, 1.807) is 0 Å². The van der Waals surface area contributed by atoms with Gasteiger partial charge in [0.15, 0.2) is 11.7 Å².